The summed E-state index contributed by atoms with van der Waals surface area (Å²) in [6, 6.07) is 7.17. The average molecular weight is 485 g/mol. The molecule has 0 saturated heterocycles. The fraction of sp³-hybridized carbons (Fsp3) is 0.679. The second kappa shape index (κ2) is 8.26. The van der Waals surface area contributed by atoms with Crippen LogP contribution in [0.2, 0.25) is 5.02 Å². The number of ketones is 1. The lowest BCUT2D eigenvalue weighted by atomic mass is 9.48. The first kappa shape index (κ1) is 25.0. The molecule has 2 bridgehead atoms. The molecular formula is C28H37ClN2O3. The van der Waals surface area contributed by atoms with E-state index < -0.39 is 0 Å². The topological polar surface area (TPSA) is 79.2 Å². The van der Waals surface area contributed by atoms with Gasteiger partial charge in [-0.05, 0) is 50.7 Å². The van der Waals surface area contributed by atoms with Gasteiger partial charge in [-0.3, -0.25) is 9.59 Å². The van der Waals surface area contributed by atoms with Crippen LogP contribution in [0.5, 0.6) is 5.75 Å². The van der Waals surface area contributed by atoms with Crippen LogP contribution in [-0.2, 0) is 9.59 Å². The summed E-state index contributed by atoms with van der Waals surface area (Å²) in [7, 11) is 0. The Morgan fingerprint density at radius 1 is 1.03 bits per heavy atom. The van der Waals surface area contributed by atoms with Gasteiger partial charge in [-0.15, -0.1) is 0 Å². The third kappa shape index (κ3) is 3.73. The van der Waals surface area contributed by atoms with Gasteiger partial charge in [0.05, 0.1) is 10.6 Å². The van der Waals surface area contributed by atoms with Crippen molar-refractivity contribution in [3.63, 3.8) is 0 Å². The van der Waals surface area contributed by atoms with Crippen LogP contribution in [0.15, 0.2) is 18.2 Å². The molecule has 0 aliphatic heterocycles. The number of carbonyl (C=O) groups is 2. The van der Waals surface area contributed by atoms with Gasteiger partial charge in [-0.1, -0.05) is 53.1 Å². The van der Waals surface area contributed by atoms with Crippen molar-refractivity contribution in [2.24, 2.45) is 27.6 Å². The molecule has 184 valence electrons. The fourth-order valence-electron chi connectivity index (χ4n) is 7.39. The predicted octanol–water partition coefficient (Wildman–Crippen LogP) is 6.08. The second-order valence-corrected chi connectivity index (χ2v) is 12.8. The number of fused-ring (bicyclic) bond motifs is 3. The summed E-state index contributed by atoms with van der Waals surface area (Å²) in [4.78, 5) is 26.5. The van der Waals surface area contributed by atoms with Crippen molar-refractivity contribution in [1.82, 2.24) is 5.32 Å². The zero-order chi connectivity index (χ0) is 25.1. The number of rotatable bonds is 6. The minimum Gasteiger partial charge on any atom is -0.489 e. The molecule has 1 N–H and O–H groups in total. The van der Waals surface area contributed by atoms with Gasteiger partial charge < -0.3 is 10.1 Å². The SMILES string of the molecule is CC(C)C(=O)C12CCC(C(=O)N[C@H]3C(C)(C)[C@H](Oc4ccc(C#N)c(Cl)c4)C3(C)C)(CC1)CC2. The molecule has 4 fully saturated rings. The summed E-state index contributed by atoms with van der Waals surface area (Å²) in [5.74, 6) is 1.21. The Bertz CT molecular complexity index is 1010. The molecule has 0 aromatic heterocycles. The Hall–Kier alpha value is -2.06. The molecule has 0 radical (unpaired) electrons. The summed E-state index contributed by atoms with van der Waals surface area (Å²) >= 11 is 6.20. The Morgan fingerprint density at radius 2 is 1.56 bits per heavy atom. The Kier molecular flexibility index (Phi) is 6.09. The van der Waals surface area contributed by atoms with E-state index in [-0.39, 0.29) is 45.6 Å². The van der Waals surface area contributed by atoms with Crippen molar-refractivity contribution >= 4 is 23.3 Å². The highest BCUT2D eigenvalue weighted by Gasteiger charge is 2.65. The quantitative estimate of drug-likeness (QED) is 0.531. The summed E-state index contributed by atoms with van der Waals surface area (Å²) in [6.07, 6.45) is 4.78. The Morgan fingerprint density at radius 3 is 2.03 bits per heavy atom. The van der Waals surface area contributed by atoms with E-state index in [4.69, 9.17) is 21.6 Å². The highest BCUT2D eigenvalue weighted by atomic mass is 35.5. The van der Waals surface area contributed by atoms with Gasteiger partial charge in [0.15, 0.2) is 0 Å². The maximum absolute atomic E-state index is 13.7. The summed E-state index contributed by atoms with van der Waals surface area (Å²) in [5, 5.41) is 12.9. The number of hydrogen-bond acceptors (Lipinski definition) is 4. The van der Waals surface area contributed by atoms with Crippen LogP contribution in [0.4, 0.5) is 0 Å². The summed E-state index contributed by atoms with van der Waals surface area (Å²) in [6.45, 7) is 12.5. The van der Waals surface area contributed by atoms with Crippen LogP contribution < -0.4 is 10.1 Å². The predicted molar refractivity (Wildman–Crippen MR) is 132 cm³/mol. The number of nitriles is 1. The van der Waals surface area contributed by atoms with Crippen molar-refractivity contribution in [2.75, 3.05) is 0 Å². The second-order valence-electron chi connectivity index (χ2n) is 12.4. The molecule has 1 amide bonds. The molecule has 0 unspecified atom stereocenters. The van der Waals surface area contributed by atoms with Crippen molar-refractivity contribution < 1.29 is 14.3 Å². The van der Waals surface area contributed by atoms with Gasteiger partial charge in [0.25, 0.3) is 0 Å². The van der Waals surface area contributed by atoms with E-state index in [0.29, 0.717) is 22.1 Å². The molecule has 0 spiro atoms. The Labute approximate surface area is 208 Å². The van der Waals surface area contributed by atoms with Gasteiger partial charge in [-0.25, -0.2) is 0 Å². The number of Topliss-reactive ketones (excluding diaryl/α,β-unsaturated/α-hetero) is 1. The molecule has 4 aliphatic rings. The number of nitrogens with zero attached hydrogens (tertiary/aromatic N) is 1. The molecule has 34 heavy (non-hydrogen) atoms. The van der Waals surface area contributed by atoms with Gasteiger partial charge in [0.2, 0.25) is 5.91 Å². The third-order valence-corrected chi connectivity index (χ3v) is 9.52. The number of hydrogen-bond donors (Lipinski definition) is 1. The minimum absolute atomic E-state index is 0.0355. The van der Waals surface area contributed by atoms with Gasteiger partial charge in [0.1, 0.15) is 23.7 Å². The minimum atomic E-state index is -0.349. The van der Waals surface area contributed by atoms with Crippen LogP contribution in [0.25, 0.3) is 0 Å². The van der Waals surface area contributed by atoms with Gasteiger partial charge >= 0.3 is 0 Å². The van der Waals surface area contributed by atoms with Crippen LogP contribution in [0.1, 0.15) is 85.6 Å². The third-order valence-electron chi connectivity index (χ3n) is 9.20. The molecular weight excluding hydrogens is 448 g/mol. The van der Waals surface area contributed by atoms with E-state index in [1.54, 1.807) is 18.2 Å². The number of halogens is 1. The molecule has 1 aromatic carbocycles. The maximum Gasteiger partial charge on any atom is 0.226 e. The number of amides is 1. The molecule has 4 aliphatic carbocycles. The molecule has 4 saturated carbocycles. The zero-order valence-corrected chi connectivity index (χ0v) is 22.0. The first-order valence-electron chi connectivity index (χ1n) is 12.5. The highest BCUT2D eigenvalue weighted by Crippen LogP contribution is 2.60. The maximum atomic E-state index is 13.7. The van der Waals surface area contributed by atoms with Crippen LogP contribution in [-0.4, -0.2) is 23.8 Å². The molecule has 1 aromatic rings. The average Bonchev–Trinajstić information content (AvgIpc) is 2.81. The standard InChI is InChI=1S/C28H37ClN2O3/c1-17(2)21(32)27-9-12-28(13-10-27,14-11-27)24(33)31-22-25(3,4)23(26(22,5)6)34-19-8-7-18(16-30)20(29)15-19/h7-8,15,17,22-23H,9-14H2,1-6H3,(H,31,33)/t22-,23-,27?,28?. The molecule has 0 heterocycles. The first-order valence-corrected chi connectivity index (χ1v) is 12.9. The lowest BCUT2D eigenvalue weighted by Gasteiger charge is -2.64. The summed E-state index contributed by atoms with van der Waals surface area (Å²) < 4.78 is 6.36. The number of nitrogens with one attached hydrogen (secondary N) is 1. The zero-order valence-electron chi connectivity index (χ0n) is 21.3. The highest BCUT2D eigenvalue weighted by molar-refractivity contribution is 6.31. The summed E-state index contributed by atoms with van der Waals surface area (Å²) in [5.41, 5.74) is -0.692. The van der Waals surface area contributed by atoms with E-state index in [1.165, 1.54) is 0 Å². The lowest BCUT2D eigenvalue weighted by molar-refractivity contribution is -0.180. The van der Waals surface area contributed by atoms with E-state index in [0.717, 1.165) is 38.5 Å². The normalized spacial score (nSPS) is 33.0. The monoisotopic (exact) mass is 484 g/mol. The fourth-order valence-corrected chi connectivity index (χ4v) is 7.60. The first-order chi connectivity index (χ1) is 15.8. The number of carbonyl (C=O) groups excluding carboxylic acids is 2. The number of ether oxygens (including phenoxy) is 1. The van der Waals surface area contributed by atoms with E-state index in [9.17, 15) is 9.59 Å². The van der Waals surface area contributed by atoms with Crippen molar-refractivity contribution in [3.8, 4) is 11.8 Å². The molecule has 0 atom stereocenters. The molecule has 5 rings (SSSR count). The van der Waals surface area contributed by atoms with Gasteiger partial charge in [0, 0.05) is 39.7 Å². The van der Waals surface area contributed by atoms with E-state index in [1.807, 2.05) is 13.8 Å². The molecule has 6 heteroatoms. The van der Waals surface area contributed by atoms with E-state index >= 15 is 0 Å². The van der Waals surface area contributed by atoms with Crippen LogP contribution in [0, 0.1) is 38.9 Å². The van der Waals surface area contributed by atoms with Crippen LogP contribution in [0.3, 0.4) is 0 Å². The Balaban J connectivity index is 1.45. The smallest absolute Gasteiger partial charge is 0.226 e. The lowest BCUT2D eigenvalue weighted by Crippen LogP contribution is -2.75. The van der Waals surface area contributed by atoms with Crippen molar-refractivity contribution in [2.45, 2.75) is 92.2 Å². The van der Waals surface area contributed by atoms with E-state index in [2.05, 4.69) is 39.1 Å². The van der Waals surface area contributed by atoms with Crippen molar-refractivity contribution in [3.05, 3.63) is 28.8 Å². The van der Waals surface area contributed by atoms with Crippen LogP contribution >= 0.6 is 11.6 Å². The number of benzene rings is 1. The van der Waals surface area contributed by atoms with Crippen molar-refractivity contribution in [1.29, 1.82) is 5.26 Å². The largest absolute Gasteiger partial charge is 0.489 e. The van der Waals surface area contributed by atoms with Gasteiger partial charge in [-0.2, -0.15) is 5.26 Å². The molecule has 5 nitrogen and oxygen atoms in total.